The number of carboxylic acid groups (broad SMARTS) is 1. The number of ether oxygens (including phenoxy) is 1. The number of hydrogen-bond acceptors (Lipinski definition) is 2. The number of aliphatic carboxylic acids is 1. The summed E-state index contributed by atoms with van der Waals surface area (Å²) in [5, 5.41) is 9.23. The van der Waals surface area contributed by atoms with Crippen LogP contribution in [0, 0.1) is 11.8 Å². The zero-order chi connectivity index (χ0) is 21.6. The molecular formula is C25H32F2O3. The maximum atomic E-state index is 13.4. The van der Waals surface area contributed by atoms with E-state index in [9.17, 15) is 18.7 Å². The molecule has 0 aliphatic heterocycles. The predicted molar refractivity (Wildman–Crippen MR) is 113 cm³/mol. The number of hydrogen-bond donors (Lipinski definition) is 1. The predicted octanol–water partition coefficient (Wildman–Crippen LogP) is 6.80. The van der Waals surface area contributed by atoms with Gasteiger partial charge in [0.25, 0.3) is 0 Å². The molecule has 164 valence electrons. The molecule has 2 aliphatic carbocycles. The molecule has 5 heteroatoms. The van der Waals surface area contributed by atoms with Gasteiger partial charge in [-0.05, 0) is 60.8 Å². The standard InChI is InChI=1S/C25H32F2O3/c1-2-3-4-7-18-10-12-19(13-11-18)21-8-5-6-9-22(21)25(30-24(26)27)16-14-20(15-17-25)23(28)29/h5-6,8-9,14-20,24H,2-4,7,10-13H2,1H3,(H,28,29)/t18-,19-,20?,25?. The fourth-order valence-electron chi connectivity index (χ4n) is 4.90. The lowest BCUT2D eigenvalue weighted by Crippen LogP contribution is -2.32. The van der Waals surface area contributed by atoms with Crippen molar-refractivity contribution in [1.29, 1.82) is 0 Å². The molecule has 0 aromatic heterocycles. The lowest BCUT2D eigenvalue weighted by molar-refractivity contribution is -0.180. The summed E-state index contributed by atoms with van der Waals surface area (Å²) in [5.74, 6) is -0.772. The van der Waals surface area contributed by atoms with E-state index in [2.05, 4.69) is 6.92 Å². The van der Waals surface area contributed by atoms with Gasteiger partial charge in [-0.2, -0.15) is 8.78 Å². The molecular weight excluding hydrogens is 386 g/mol. The third-order valence-corrected chi connectivity index (χ3v) is 6.56. The zero-order valence-electron chi connectivity index (χ0n) is 17.6. The minimum absolute atomic E-state index is 0.306. The Bertz CT molecular complexity index is 749. The summed E-state index contributed by atoms with van der Waals surface area (Å²) in [7, 11) is 0. The number of alkyl halides is 2. The molecule has 3 rings (SSSR count). The van der Waals surface area contributed by atoms with Gasteiger partial charge in [0.05, 0.1) is 5.92 Å². The number of rotatable bonds is 9. The zero-order valence-corrected chi connectivity index (χ0v) is 17.6. The monoisotopic (exact) mass is 418 g/mol. The van der Waals surface area contributed by atoms with E-state index in [1.165, 1.54) is 50.0 Å². The Morgan fingerprint density at radius 2 is 1.80 bits per heavy atom. The molecule has 0 radical (unpaired) electrons. The summed E-state index contributed by atoms with van der Waals surface area (Å²) in [5.41, 5.74) is 0.290. The number of unbranched alkanes of at least 4 members (excludes halogenated alkanes) is 2. The smallest absolute Gasteiger partial charge is 0.346 e. The van der Waals surface area contributed by atoms with Crippen LogP contribution in [0.3, 0.4) is 0 Å². The Balaban J connectivity index is 1.82. The fourth-order valence-corrected chi connectivity index (χ4v) is 4.90. The maximum Gasteiger partial charge on any atom is 0.346 e. The average molecular weight is 419 g/mol. The van der Waals surface area contributed by atoms with Crippen LogP contribution in [0.25, 0.3) is 0 Å². The molecule has 0 saturated heterocycles. The van der Waals surface area contributed by atoms with Crippen LogP contribution in [0.15, 0.2) is 48.6 Å². The Morgan fingerprint density at radius 3 is 2.40 bits per heavy atom. The van der Waals surface area contributed by atoms with Crippen LogP contribution in [0.4, 0.5) is 8.78 Å². The van der Waals surface area contributed by atoms with Gasteiger partial charge in [-0.1, -0.05) is 69.0 Å². The van der Waals surface area contributed by atoms with Crippen LogP contribution in [-0.2, 0) is 15.1 Å². The van der Waals surface area contributed by atoms with Crippen molar-refractivity contribution in [3.05, 3.63) is 59.7 Å². The van der Waals surface area contributed by atoms with Crippen molar-refractivity contribution in [2.24, 2.45) is 11.8 Å². The summed E-state index contributed by atoms with van der Waals surface area (Å²) < 4.78 is 31.9. The lowest BCUT2D eigenvalue weighted by Gasteiger charge is -2.36. The Labute approximate surface area is 177 Å². The first-order chi connectivity index (χ1) is 14.4. The highest BCUT2D eigenvalue weighted by Crippen LogP contribution is 2.44. The summed E-state index contributed by atoms with van der Waals surface area (Å²) in [6.07, 6.45) is 15.3. The molecule has 0 spiro atoms. The molecule has 1 fully saturated rings. The van der Waals surface area contributed by atoms with Gasteiger partial charge in [-0.25, -0.2) is 0 Å². The minimum Gasteiger partial charge on any atom is -0.481 e. The number of benzene rings is 1. The third kappa shape index (κ3) is 5.37. The van der Waals surface area contributed by atoms with Crippen molar-refractivity contribution >= 4 is 5.97 Å². The summed E-state index contributed by atoms with van der Waals surface area (Å²) >= 11 is 0. The molecule has 1 saturated carbocycles. The van der Waals surface area contributed by atoms with E-state index in [1.54, 1.807) is 0 Å². The van der Waals surface area contributed by atoms with Crippen molar-refractivity contribution in [2.45, 2.75) is 76.4 Å². The highest BCUT2D eigenvalue weighted by atomic mass is 19.3. The van der Waals surface area contributed by atoms with Crippen molar-refractivity contribution in [3.8, 4) is 0 Å². The molecule has 0 atom stereocenters. The maximum absolute atomic E-state index is 13.4. The quantitative estimate of drug-likeness (QED) is 0.354. The molecule has 30 heavy (non-hydrogen) atoms. The van der Waals surface area contributed by atoms with Gasteiger partial charge in [-0.15, -0.1) is 0 Å². The number of carbonyl (C=O) groups is 1. The van der Waals surface area contributed by atoms with Crippen LogP contribution >= 0.6 is 0 Å². The highest BCUT2D eigenvalue weighted by Gasteiger charge is 2.38. The van der Waals surface area contributed by atoms with Crippen molar-refractivity contribution < 1.29 is 23.4 Å². The van der Waals surface area contributed by atoms with Crippen LogP contribution in [0.1, 0.15) is 75.3 Å². The van der Waals surface area contributed by atoms with Crippen LogP contribution < -0.4 is 0 Å². The Hall–Kier alpha value is -2.01. The molecule has 1 N–H and O–H groups in total. The van der Waals surface area contributed by atoms with E-state index in [0.29, 0.717) is 11.5 Å². The van der Waals surface area contributed by atoms with Gasteiger partial charge < -0.3 is 9.84 Å². The van der Waals surface area contributed by atoms with Crippen molar-refractivity contribution in [2.75, 3.05) is 0 Å². The van der Waals surface area contributed by atoms with Crippen LogP contribution in [-0.4, -0.2) is 17.7 Å². The first-order valence-electron chi connectivity index (χ1n) is 11.1. The number of carboxylic acids is 1. The fraction of sp³-hybridized carbons (Fsp3) is 0.560. The van der Waals surface area contributed by atoms with Gasteiger partial charge in [0, 0.05) is 0 Å². The van der Waals surface area contributed by atoms with Gasteiger partial charge in [0.1, 0.15) is 5.60 Å². The van der Waals surface area contributed by atoms with Gasteiger partial charge in [-0.3, -0.25) is 4.79 Å². The third-order valence-electron chi connectivity index (χ3n) is 6.56. The molecule has 0 heterocycles. The van der Waals surface area contributed by atoms with E-state index in [-0.39, 0.29) is 0 Å². The molecule has 0 bridgehead atoms. The van der Waals surface area contributed by atoms with E-state index in [1.807, 2.05) is 24.3 Å². The van der Waals surface area contributed by atoms with E-state index >= 15 is 0 Å². The number of halogens is 2. The molecule has 3 nitrogen and oxygen atoms in total. The Morgan fingerprint density at radius 1 is 1.13 bits per heavy atom. The lowest BCUT2D eigenvalue weighted by atomic mass is 9.73. The van der Waals surface area contributed by atoms with Crippen LogP contribution in [0.2, 0.25) is 0 Å². The van der Waals surface area contributed by atoms with E-state index in [0.717, 1.165) is 37.2 Å². The highest BCUT2D eigenvalue weighted by molar-refractivity contribution is 5.75. The normalized spacial score (nSPS) is 28.7. The molecule has 2 aliphatic rings. The van der Waals surface area contributed by atoms with Gasteiger partial charge in [0.15, 0.2) is 0 Å². The molecule has 1 aromatic rings. The molecule has 0 amide bonds. The summed E-state index contributed by atoms with van der Waals surface area (Å²) in [6.45, 7) is -0.749. The van der Waals surface area contributed by atoms with E-state index in [4.69, 9.17) is 4.74 Å². The van der Waals surface area contributed by atoms with Crippen molar-refractivity contribution in [3.63, 3.8) is 0 Å². The first kappa shape index (κ1) is 22.7. The topological polar surface area (TPSA) is 46.5 Å². The first-order valence-corrected chi connectivity index (χ1v) is 11.1. The second-order valence-corrected chi connectivity index (χ2v) is 8.55. The largest absolute Gasteiger partial charge is 0.481 e. The van der Waals surface area contributed by atoms with Crippen LogP contribution in [0.5, 0.6) is 0 Å². The van der Waals surface area contributed by atoms with Gasteiger partial charge >= 0.3 is 12.6 Å². The van der Waals surface area contributed by atoms with E-state index < -0.39 is 24.1 Å². The van der Waals surface area contributed by atoms with Crippen molar-refractivity contribution in [1.82, 2.24) is 0 Å². The van der Waals surface area contributed by atoms with Gasteiger partial charge in [0.2, 0.25) is 0 Å². The second kappa shape index (κ2) is 10.3. The average Bonchev–Trinajstić information content (AvgIpc) is 2.74. The second-order valence-electron chi connectivity index (χ2n) is 8.55. The molecule has 1 aromatic carbocycles. The molecule has 0 unspecified atom stereocenters. The SMILES string of the molecule is CCCCC[C@H]1CC[C@H](c2ccccc2C2(OC(F)F)C=CC(C(=O)O)C=C2)CC1. The summed E-state index contributed by atoms with van der Waals surface area (Å²) in [4.78, 5) is 11.3. The minimum atomic E-state index is -2.97. The Kier molecular flexibility index (Phi) is 7.81. The summed E-state index contributed by atoms with van der Waals surface area (Å²) in [6, 6.07) is 7.62.